The molecule has 0 aromatic carbocycles. The van der Waals surface area contributed by atoms with Crippen molar-refractivity contribution in [2.24, 2.45) is 5.92 Å². The van der Waals surface area contributed by atoms with E-state index >= 15 is 0 Å². The van der Waals surface area contributed by atoms with Gasteiger partial charge in [-0.05, 0) is 38.3 Å². The fraction of sp³-hybridized carbons (Fsp3) is 0.700. The standard InChI is InChI=1S/C10H16N4OS/c15-9(13-10-7-12-14-16-10)2-1-8-3-5-11-6-4-8/h7-8,11H,1-6H2,(H,13,15). The summed E-state index contributed by atoms with van der Waals surface area (Å²) in [6.45, 7) is 2.18. The zero-order valence-corrected chi connectivity index (χ0v) is 9.92. The van der Waals surface area contributed by atoms with Crippen LogP contribution in [0.2, 0.25) is 0 Å². The quantitative estimate of drug-likeness (QED) is 0.831. The van der Waals surface area contributed by atoms with E-state index in [9.17, 15) is 4.79 Å². The van der Waals surface area contributed by atoms with Crippen molar-refractivity contribution in [3.05, 3.63) is 6.20 Å². The van der Waals surface area contributed by atoms with Gasteiger partial charge in [0.1, 0.15) is 5.00 Å². The van der Waals surface area contributed by atoms with Crippen LogP contribution in [-0.4, -0.2) is 28.6 Å². The maximum atomic E-state index is 11.6. The average molecular weight is 240 g/mol. The molecule has 0 atom stereocenters. The van der Waals surface area contributed by atoms with Crippen LogP contribution in [0.4, 0.5) is 5.00 Å². The highest BCUT2D eigenvalue weighted by Crippen LogP contribution is 2.18. The second-order valence-electron chi connectivity index (χ2n) is 4.06. The molecule has 5 nitrogen and oxygen atoms in total. The molecule has 1 amide bonds. The lowest BCUT2D eigenvalue weighted by Gasteiger charge is -2.21. The SMILES string of the molecule is O=C(CCC1CCNCC1)Nc1cnns1. The van der Waals surface area contributed by atoms with Gasteiger partial charge >= 0.3 is 0 Å². The van der Waals surface area contributed by atoms with Gasteiger partial charge < -0.3 is 10.6 Å². The van der Waals surface area contributed by atoms with Gasteiger partial charge in [-0.2, -0.15) is 0 Å². The molecule has 1 saturated heterocycles. The molecule has 0 unspecified atom stereocenters. The first-order valence-electron chi connectivity index (χ1n) is 5.62. The molecule has 1 aromatic heterocycles. The first-order valence-corrected chi connectivity index (χ1v) is 6.40. The average Bonchev–Trinajstić information content (AvgIpc) is 2.81. The van der Waals surface area contributed by atoms with Gasteiger partial charge in [0.2, 0.25) is 5.91 Å². The topological polar surface area (TPSA) is 66.9 Å². The number of piperidine rings is 1. The van der Waals surface area contributed by atoms with E-state index in [0.29, 0.717) is 12.3 Å². The van der Waals surface area contributed by atoms with Crippen molar-refractivity contribution >= 4 is 22.4 Å². The Balaban J connectivity index is 1.67. The third kappa shape index (κ3) is 3.53. The number of hydrogen-bond acceptors (Lipinski definition) is 5. The summed E-state index contributed by atoms with van der Waals surface area (Å²) in [7, 11) is 0. The Labute approximate surface area is 98.8 Å². The molecule has 1 aromatic rings. The van der Waals surface area contributed by atoms with E-state index in [1.807, 2.05) is 0 Å². The molecule has 0 radical (unpaired) electrons. The summed E-state index contributed by atoms with van der Waals surface area (Å²) >= 11 is 1.21. The fourth-order valence-corrected chi connectivity index (χ4v) is 2.36. The predicted molar refractivity (Wildman–Crippen MR) is 63.4 cm³/mol. The second-order valence-corrected chi connectivity index (χ2v) is 4.85. The molecule has 0 spiro atoms. The first-order chi connectivity index (χ1) is 7.84. The molecule has 1 aliphatic heterocycles. The Kier molecular flexibility index (Phi) is 4.24. The van der Waals surface area contributed by atoms with Crippen molar-refractivity contribution in [2.75, 3.05) is 18.4 Å². The number of rotatable bonds is 4. The number of aromatic nitrogens is 2. The molecule has 6 heteroatoms. The van der Waals surface area contributed by atoms with E-state index in [-0.39, 0.29) is 5.91 Å². The Bertz CT molecular complexity index is 322. The highest BCUT2D eigenvalue weighted by molar-refractivity contribution is 7.10. The van der Waals surface area contributed by atoms with Gasteiger partial charge in [-0.3, -0.25) is 4.79 Å². The van der Waals surface area contributed by atoms with Crippen molar-refractivity contribution in [3.63, 3.8) is 0 Å². The monoisotopic (exact) mass is 240 g/mol. The summed E-state index contributed by atoms with van der Waals surface area (Å²) < 4.78 is 3.69. The Morgan fingerprint density at radius 2 is 2.38 bits per heavy atom. The number of hydrogen-bond donors (Lipinski definition) is 2. The highest BCUT2D eigenvalue weighted by Gasteiger charge is 2.14. The number of carbonyl (C=O) groups excluding carboxylic acids is 1. The Hall–Kier alpha value is -1.01. The van der Waals surface area contributed by atoms with Gasteiger partial charge in [0.05, 0.1) is 6.20 Å². The van der Waals surface area contributed by atoms with Crippen LogP contribution in [0.25, 0.3) is 0 Å². The summed E-state index contributed by atoms with van der Waals surface area (Å²) in [4.78, 5) is 11.6. The number of anilines is 1. The summed E-state index contributed by atoms with van der Waals surface area (Å²) in [6.07, 6.45) is 5.54. The largest absolute Gasteiger partial charge is 0.317 e. The van der Waals surface area contributed by atoms with Crippen molar-refractivity contribution < 1.29 is 4.79 Å². The Morgan fingerprint density at radius 1 is 1.56 bits per heavy atom. The van der Waals surface area contributed by atoms with Crippen molar-refractivity contribution in [2.45, 2.75) is 25.7 Å². The van der Waals surface area contributed by atoms with Crippen LogP contribution >= 0.6 is 11.5 Å². The van der Waals surface area contributed by atoms with E-state index in [2.05, 4.69) is 20.2 Å². The molecule has 2 rings (SSSR count). The first kappa shape index (κ1) is 11.5. The number of nitrogens with zero attached hydrogens (tertiary/aromatic N) is 2. The zero-order chi connectivity index (χ0) is 11.2. The molecule has 0 aliphatic carbocycles. The number of amides is 1. The maximum Gasteiger partial charge on any atom is 0.225 e. The van der Waals surface area contributed by atoms with Crippen LogP contribution in [0.1, 0.15) is 25.7 Å². The van der Waals surface area contributed by atoms with Crippen molar-refractivity contribution in [1.29, 1.82) is 0 Å². The fourth-order valence-electron chi connectivity index (χ4n) is 1.93. The van der Waals surface area contributed by atoms with Gasteiger partial charge in [0, 0.05) is 18.0 Å². The van der Waals surface area contributed by atoms with Crippen LogP contribution in [0.5, 0.6) is 0 Å². The molecule has 2 N–H and O–H groups in total. The van der Waals surface area contributed by atoms with Gasteiger partial charge in [-0.25, -0.2) is 0 Å². The van der Waals surface area contributed by atoms with Gasteiger partial charge in [0.25, 0.3) is 0 Å². The van der Waals surface area contributed by atoms with Crippen molar-refractivity contribution in [3.8, 4) is 0 Å². The lowest BCUT2D eigenvalue weighted by atomic mass is 9.93. The Morgan fingerprint density at radius 3 is 3.06 bits per heavy atom. The minimum Gasteiger partial charge on any atom is -0.317 e. The number of carbonyl (C=O) groups is 1. The summed E-state index contributed by atoms with van der Waals surface area (Å²) in [5.74, 6) is 0.774. The summed E-state index contributed by atoms with van der Waals surface area (Å²) in [5.41, 5.74) is 0. The molecule has 2 heterocycles. The minimum atomic E-state index is 0.0737. The molecule has 0 saturated carbocycles. The lowest BCUT2D eigenvalue weighted by Crippen LogP contribution is -2.28. The lowest BCUT2D eigenvalue weighted by molar-refractivity contribution is -0.116. The van der Waals surface area contributed by atoms with Crippen molar-refractivity contribution in [1.82, 2.24) is 14.9 Å². The minimum absolute atomic E-state index is 0.0737. The van der Waals surface area contributed by atoms with Gasteiger partial charge in [-0.1, -0.05) is 4.49 Å². The van der Waals surface area contributed by atoms with Crippen LogP contribution in [0, 0.1) is 5.92 Å². The van der Waals surface area contributed by atoms with Gasteiger partial charge in [0.15, 0.2) is 0 Å². The van der Waals surface area contributed by atoms with E-state index in [0.717, 1.165) is 24.5 Å². The maximum absolute atomic E-state index is 11.6. The van der Waals surface area contributed by atoms with Crippen LogP contribution in [-0.2, 0) is 4.79 Å². The smallest absolute Gasteiger partial charge is 0.225 e. The van der Waals surface area contributed by atoms with Crippen LogP contribution < -0.4 is 10.6 Å². The van der Waals surface area contributed by atoms with E-state index in [1.54, 1.807) is 6.20 Å². The number of nitrogens with one attached hydrogen (secondary N) is 2. The third-order valence-corrected chi connectivity index (χ3v) is 3.44. The molecule has 88 valence electrons. The molecule has 0 bridgehead atoms. The predicted octanol–water partition coefficient (Wildman–Crippen LogP) is 1.26. The summed E-state index contributed by atoms with van der Waals surface area (Å²) in [6, 6.07) is 0. The summed E-state index contributed by atoms with van der Waals surface area (Å²) in [5, 5.41) is 10.5. The van der Waals surface area contributed by atoms with E-state index in [4.69, 9.17) is 0 Å². The van der Waals surface area contributed by atoms with E-state index < -0.39 is 0 Å². The normalized spacial score (nSPS) is 17.2. The molecule has 1 aliphatic rings. The highest BCUT2D eigenvalue weighted by atomic mass is 32.1. The molecule has 1 fully saturated rings. The zero-order valence-electron chi connectivity index (χ0n) is 9.11. The third-order valence-electron chi connectivity index (χ3n) is 2.86. The van der Waals surface area contributed by atoms with Gasteiger partial charge in [-0.15, -0.1) is 5.10 Å². The van der Waals surface area contributed by atoms with Crippen LogP contribution in [0.15, 0.2) is 6.20 Å². The molecular weight excluding hydrogens is 224 g/mol. The van der Waals surface area contributed by atoms with E-state index in [1.165, 1.54) is 24.4 Å². The second kappa shape index (κ2) is 5.91. The molecular formula is C10H16N4OS. The molecule has 16 heavy (non-hydrogen) atoms. The van der Waals surface area contributed by atoms with Crippen LogP contribution in [0.3, 0.4) is 0 Å².